The fourth-order valence-corrected chi connectivity index (χ4v) is 3.41. The van der Waals surface area contributed by atoms with E-state index in [0.29, 0.717) is 6.04 Å². The fraction of sp³-hybridized carbons (Fsp3) is 0.462. The van der Waals surface area contributed by atoms with Crippen LogP contribution in [0.15, 0.2) is 18.2 Å². The highest BCUT2D eigenvalue weighted by Gasteiger charge is 2.18. The van der Waals surface area contributed by atoms with Crippen LogP contribution < -0.4 is 0 Å². The zero-order valence-electron chi connectivity index (χ0n) is 10.7. The second-order valence-corrected chi connectivity index (χ2v) is 7.20. The van der Waals surface area contributed by atoms with Crippen molar-refractivity contribution in [1.29, 1.82) is 0 Å². The molecule has 0 bridgehead atoms. The Kier molecular flexibility index (Phi) is 4.83. The van der Waals surface area contributed by atoms with E-state index in [1.807, 2.05) is 18.7 Å². The SMILES string of the molecule is CSCC(C)n1c(C(C)Cl)nc2cc(I)ccc21. The van der Waals surface area contributed by atoms with E-state index in [-0.39, 0.29) is 5.38 Å². The van der Waals surface area contributed by atoms with Crippen LogP contribution in [-0.2, 0) is 0 Å². The molecule has 1 aromatic carbocycles. The van der Waals surface area contributed by atoms with Gasteiger partial charge in [-0.05, 0) is 60.9 Å². The summed E-state index contributed by atoms with van der Waals surface area (Å²) >= 11 is 10.4. The molecule has 1 aromatic heterocycles. The van der Waals surface area contributed by atoms with Crippen molar-refractivity contribution in [2.75, 3.05) is 12.0 Å². The maximum atomic E-state index is 6.27. The highest BCUT2D eigenvalue weighted by atomic mass is 127. The number of thioether (sulfide) groups is 1. The van der Waals surface area contributed by atoms with E-state index in [9.17, 15) is 0 Å². The Labute approximate surface area is 131 Å². The molecule has 0 N–H and O–H groups in total. The molecule has 0 fully saturated rings. The number of alkyl halides is 1. The van der Waals surface area contributed by atoms with Gasteiger partial charge in [-0.1, -0.05) is 0 Å². The summed E-state index contributed by atoms with van der Waals surface area (Å²) in [6, 6.07) is 6.78. The molecule has 2 aromatic rings. The number of hydrogen-bond acceptors (Lipinski definition) is 2. The van der Waals surface area contributed by atoms with E-state index in [4.69, 9.17) is 16.6 Å². The molecule has 0 radical (unpaired) electrons. The van der Waals surface area contributed by atoms with Gasteiger partial charge in [-0.3, -0.25) is 0 Å². The van der Waals surface area contributed by atoms with Crippen molar-refractivity contribution in [2.45, 2.75) is 25.3 Å². The van der Waals surface area contributed by atoms with Crippen LogP contribution in [0.2, 0.25) is 0 Å². The number of rotatable bonds is 4. The van der Waals surface area contributed by atoms with Gasteiger partial charge in [0.15, 0.2) is 0 Å². The van der Waals surface area contributed by atoms with Gasteiger partial charge in [0, 0.05) is 15.4 Å². The van der Waals surface area contributed by atoms with Gasteiger partial charge in [0.2, 0.25) is 0 Å². The van der Waals surface area contributed by atoms with Gasteiger partial charge in [0.05, 0.1) is 16.4 Å². The Morgan fingerprint density at radius 3 is 2.78 bits per heavy atom. The third-order valence-corrected chi connectivity index (χ3v) is 4.57. The molecule has 0 aliphatic carbocycles. The lowest BCUT2D eigenvalue weighted by atomic mass is 10.3. The van der Waals surface area contributed by atoms with Crippen LogP contribution in [0.5, 0.6) is 0 Å². The van der Waals surface area contributed by atoms with Gasteiger partial charge in [0.25, 0.3) is 0 Å². The molecule has 0 saturated carbocycles. The van der Waals surface area contributed by atoms with Crippen LogP contribution in [-0.4, -0.2) is 21.6 Å². The molecule has 0 amide bonds. The molecule has 1 heterocycles. The summed E-state index contributed by atoms with van der Waals surface area (Å²) in [7, 11) is 0. The normalized spacial score (nSPS) is 14.9. The molecule has 2 atom stereocenters. The summed E-state index contributed by atoms with van der Waals surface area (Å²) in [5, 5.41) is -0.0700. The van der Waals surface area contributed by atoms with E-state index < -0.39 is 0 Å². The fourth-order valence-electron chi connectivity index (χ4n) is 2.15. The number of hydrogen-bond donors (Lipinski definition) is 0. The first kappa shape index (κ1) is 14.5. The van der Waals surface area contributed by atoms with Gasteiger partial charge in [0.1, 0.15) is 5.82 Å². The van der Waals surface area contributed by atoms with Gasteiger partial charge >= 0.3 is 0 Å². The Balaban J connectivity index is 2.62. The molecule has 2 unspecified atom stereocenters. The lowest BCUT2D eigenvalue weighted by Gasteiger charge is -2.17. The Bertz CT molecular complexity index is 553. The lowest BCUT2D eigenvalue weighted by molar-refractivity contribution is 0.593. The Morgan fingerprint density at radius 1 is 1.44 bits per heavy atom. The van der Waals surface area contributed by atoms with Crippen LogP contribution >= 0.6 is 46.0 Å². The summed E-state index contributed by atoms with van der Waals surface area (Å²) in [5.41, 5.74) is 2.22. The van der Waals surface area contributed by atoms with Gasteiger partial charge in [-0.15, -0.1) is 11.6 Å². The molecular weight excluding hydrogens is 379 g/mol. The topological polar surface area (TPSA) is 17.8 Å². The lowest BCUT2D eigenvalue weighted by Crippen LogP contribution is -2.11. The van der Waals surface area contributed by atoms with Gasteiger partial charge in [-0.25, -0.2) is 4.98 Å². The standard InChI is InChI=1S/C13H16ClIN2S/c1-8(7-18-3)17-12-5-4-10(15)6-11(12)16-13(17)9(2)14/h4-6,8-9H,7H2,1-3H3. The first-order valence-corrected chi connectivity index (χ1v) is 8.76. The molecule has 0 spiro atoms. The summed E-state index contributed by atoms with van der Waals surface area (Å²) in [5.74, 6) is 2.03. The minimum absolute atomic E-state index is 0.0700. The summed E-state index contributed by atoms with van der Waals surface area (Å²) < 4.78 is 3.48. The molecule has 0 aliphatic heterocycles. The first-order valence-electron chi connectivity index (χ1n) is 5.85. The highest BCUT2D eigenvalue weighted by molar-refractivity contribution is 14.1. The first-order chi connectivity index (χ1) is 8.54. The molecule has 0 aliphatic rings. The van der Waals surface area contributed by atoms with Crippen molar-refractivity contribution in [2.24, 2.45) is 0 Å². The minimum atomic E-state index is -0.0700. The van der Waals surface area contributed by atoms with Crippen molar-refractivity contribution < 1.29 is 0 Å². The van der Waals surface area contributed by atoms with Crippen LogP contribution in [0.1, 0.15) is 31.1 Å². The second-order valence-electron chi connectivity index (χ2n) is 4.39. The number of imidazole rings is 1. The monoisotopic (exact) mass is 394 g/mol. The molecule has 2 nitrogen and oxygen atoms in total. The average molecular weight is 395 g/mol. The van der Waals surface area contributed by atoms with Gasteiger partial charge < -0.3 is 4.57 Å². The third kappa shape index (κ3) is 2.80. The molecular formula is C13H16ClIN2S. The maximum absolute atomic E-state index is 6.27. The Morgan fingerprint density at radius 2 is 2.17 bits per heavy atom. The smallest absolute Gasteiger partial charge is 0.127 e. The third-order valence-electron chi connectivity index (χ3n) is 2.88. The number of benzene rings is 1. The van der Waals surface area contributed by atoms with Crippen LogP contribution in [0.3, 0.4) is 0 Å². The quantitative estimate of drug-likeness (QED) is 0.544. The molecule has 98 valence electrons. The molecule has 2 rings (SSSR count). The summed E-state index contributed by atoms with van der Waals surface area (Å²) in [6.45, 7) is 4.20. The largest absolute Gasteiger partial charge is 0.323 e. The van der Waals surface area contributed by atoms with E-state index in [0.717, 1.165) is 17.1 Å². The molecule has 0 saturated heterocycles. The van der Waals surface area contributed by atoms with E-state index >= 15 is 0 Å². The summed E-state index contributed by atoms with van der Waals surface area (Å²) in [4.78, 5) is 4.69. The number of aromatic nitrogens is 2. The van der Waals surface area contributed by atoms with E-state index in [1.54, 1.807) is 0 Å². The van der Waals surface area contributed by atoms with Crippen molar-refractivity contribution in [1.82, 2.24) is 9.55 Å². The van der Waals surface area contributed by atoms with Crippen molar-refractivity contribution in [3.63, 3.8) is 0 Å². The summed E-state index contributed by atoms with van der Waals surface area (Å²) in [6.07, 6.45) is 2.13. The zero-order chi connectivity index (χ0) is 13.3. The van der Waals surface area contributed by atoms with Crippen molar-refractivity contribution in [3.8, 4) is 0 Å². The van der Waals surface area contributed by atoms with Crippen LogP contribution in [0.4, 0.5) is 0 Å². The Hall–Kier alpha value is 0.0600. The van der Waals surface area contributed by atoms with E-state index in [1.165, 1.54) is 9.09 Å². The van der Waals surface area contributed by atoms with Crippen LogP contribution in [0, 0.1) is 3.57 Å². The second kappa shape index (κ2) is 6.01. The molecule has 18 heavy (non-hydrogen) atoms. The number of halogens is 2. The van der Waals surface area contributed by atoms with Crippen molar-refractivity contribution >= 4 is 57.0 Å². The minimum Gasteiger partial charge on any atom is -0.323 e. The van der Waals surface area contributed by atoms with Crippen LogP contribution in [0.25, 0.3) is 11.0 Å². The predicted octanol–water partition coefficient (Wildman–Crippen LogP) is 4.86. The van der Waals surface area contributed by atoms with Crippen molar-refractivity contribution in [3.05, 3.63) is 27.6 Å². The zero-order valence-corrected chi connectivity index (χ0v) is 14.4. The number of nitrogens with zero attached hydrogens (tertiary/aromatic N) is 2. The predicted molar refractivity (Wildman–Crippen MR) is 89.8 cm³/mol. The number of fused-ring (bicyclic) bond motifs is 1. The molecule has 5 heteroatoms. The van der Waals surface area contributed by atoms with E-state index in [2.05, 4.69) is 58.5 Å². The van der Waals surface area contributed by atoms with Gasteiger partial charge in [-0.2, -0.15) is 11.8 Å². The average Bonchev–Trinajstić information content (AvgIpc) is 2.67. The highest BCUT2D eigenvalue weighted by Crippen LogP contribution is 2.29. The maximum Gasteiger partial charge on any atom is 0.127 e.